The number of primary sulfonamides is 1. The normalized spacial score (nSPS) is 11.4. The molecular formula is C13H15FN4O3S. The van der Waals surface area contributed by atoms with Gasteiger partial charge in [-0.15, -0.1) is 0 Å². The van der Waals surface area contributed by atoms with Gasteiger partial charge < -0.3 is 4.90 Å². The number of halogens is 1. The number of nitrogens with two attached hydrogens (primary N) is 1. The van der Waals surface area contributed by atoms with E-state index in [1.54, 1.807) is 23.1 Å². The topological polar surface area (TPSA) is 98.3 Å². The zero-order chi connectivity index (χ0) is 16.3. The van der Waals surface area contributed by atoms with Gasteiger partial charge in [-0.05, 0) is 24.3 Å². The molecule has 0 fully saturated rings. The smallest absolute Gasteiger partial charge is 0.256 e. The highest BCUT2D eigenvalue weighted by Crippen LogP contribution is 2.15. The van der Waals surface area contributed by atoms with Gasteiger partial charge in [0.1, 0.15) is 5.82 Å². The fourth-order valence-electron chi connectivity index (χ4n) is 1.84. The second kappa shape index (κ2) is 6.24. The van der Waals surface area contributed by atoms with E-state index in [0.29, 0.717) is 13.1 Å². The Bertz CT molecular complexity index is 775. The van der Waals surface area contributed by atoms with Gasteiger partial charge in [0, 0.05) is 26.0 Å². The highest BCUT2D eigenvalue weighted by Gasteiger charge is 2.19. The molecule has 1 heterocycles. The Kier molecular flexibility index (Phi) is 4.57. The van der Waals surface area contributed by atoms with E-state index in [9.17, 15) is 17.6 Å². The number of nitrogens with zero attached hydrogens (tertiary/aromatic N) is 3. The maximum absolute atomic E-state index is 13.8. The molecule has 0 bridgehead atoms. The lowest BCUT2D eigenvalue weighted by Crippen LogP contribution is -2.31. The zero-order valence-corrected chi connectivity index (χ0v) is 12.6. The molecule has 7 nitrogen and oxygen atoms in total. The lowest BCUT2D eigenvalue weighted by molar-refractivity contribution is 0.0784. The molecule has 1 aromatic heterocycles. The summed E-state index contributed by atoms with van der Waals surface area (Å²) in [6, 6.07) is 4.62. The van der Waals surface area contributed by atoms with Gasteiger partial charge in [0.05, 0.1) is 17.0 Å². The Labute approximate surface area is 127 Å². The standard InChI is InChI=1S/C13H15FN4O3S/c1-17(7-8-18-6-2-5-16-18)13(19)11-9-10(22(15,20)21)3-4-12(11)14/h2-6,9H,7-8H2,1H3,(H2,15,20,21). The van der Waals surface area contributed by atoms with Crippen molar-refractivity contribution >= 4 is 15.9 Å². The van der Waals surface area contributed by atoms with Crippen LogP contribution in [0.4, 0.5) is 4.39 Å². The van der Waals surface area contributed by atoms with Gasteiger partial charge in [-0.25, -0.2) is 17.9 Å². The van der Waals surface area contributed by atoms with Gasteiger partial charge in [-0.1, -0.05) is 0 Å². The molecule has 0 unspecified atom stereocenters. The van der Waals surface area contributed by atoms with E-state index in [-0.39, 0.29) is 10.5 Å². The van der Waals surface area contributed by atoms with Crippen molar-refractivity contribution < 1.29 is 17.6 Å². The van der Waals surface area contributed by atoms with Crippen molar-refractivity contribution in [1.29, 1.82) is 0 Å². The first-order chi connectivity index (χ1) is 10.3. The maximum Gasteiger partial charge on any atom is 0.256 e. The largest absolute Gasteiger partial charge is 0.340 e. The molecule has 0 spiro atoms. The zero-order valence-electron chi connectivity index (χ0n) is 11.8. The van der Waals surface area contributed by atoms with E-state index in [0.717, 1.165) is 18.2 Å². The monoisotopic (exact) mass is 326 g/mol. The molecule has 0 radical (unpaired) electrons. The average Bonchev–Trinajstić information content (AvgIpc) is 2.96. The van der Waals surface area contributed by atoms with Crippen molar-refractivity contribution in [3.63, 3.8) is 0 Å². The minimum Gasteiger partial charge on any atom is -0.340 e. The number of amides is 1. The third-order valence-electron chi connectivity index (χ3n) is 3.07. The highest BCUT2D eigenvalue weighted by atomic mass is 32.2. The molecule has 1 amide bonds. The van der Waals surface area contributed by atoms with Crippen molar-refractivity contribution in [2.75, 3.05) is 13.6 Å². The van der Waals surface area contributed by atoms with E-state index in [4.69, 9.17) is 5.14 Å². The summed E-state index contributed by atoms with van der Waals surface area (Å²) in [5, 5.41) is 8.98. The van der Waals surface area contributed by atoms with Crippen molar-refractivity contribution in [3.8, 4) is 0 Å². The van der Waals surface area contributed by atoms with Crippen LogP contribution >= 0.6 is 0 Å². The van der Waals surface area contributed by atoms with Gasteiger partial charge in [0.25, 0.3) is 5.91 Å². The summed E-state index contributed by atoms with van der Waals surface area (Å²) in [4.78, 5) is 13.2. The van der Waals surface area contributed by atoms with Crippen LogP contribution in [0.2, 0.25) is 0 Å². The molecule has 0 saturated carbocycles. The molecule has 9 heteroatoms. The Morgan fingerprint density at radius 1 is 1.45 bits per heavy atom. The van der Waals surface area contributed by atoms with Gasteiger partial charge in [0.2, 0.25) is 10.0 Å². The van der Waals surface area contributed by atoms with Gasteiger partial charge in [0.15, 0.2) is 0 Å². The number of carbonyl (C=O) groups is 1. The first-order valence-electron chi connectivity index (χ1n) is 6.34. The first kappa shape index (κ1) is 16.1. The quantitative estimate of drug-likeness (QED) is 0.862. The van der Waals surface area contributed by atoms with Crippen LogP contribution < -0.4 is 5.14 Å². The van der Waals surface area contributed by atoms with E-state index in [1.807, 2.05) is 0 Å². The highest BCUT2D eigenvalue weighted by molar-refractivity contribution is 7.89. The van der Waals surface area contributed by atoms with Crippen LogP contribution in [-0.4, -0.2) is 42.6 Å². The number of rotatable bonds is 5. The van der Waals surface area contributed by atoms with Crippen molar-refractivity contribution in [2.45, 2.75) is 11.4 Å². The number of carbonyl (C=O) groups excluding carboxylic acids is 1. The molecule has 2 rings (SSSR count). The number of aromatic nitrogens is 2. The van der Waals surface area contributed by atoms with Crippen LogP contribution in [0.1, 0.15) is 10.4 Å². The summed E-state index contributed by atoms with van der Waals surface area (Å²) in [6.07, 6.45) is 3.34. The fraction of sp³-hybridized carbons (Fsp3) is 0.231. The van der Waals surface area contributed by atoms with Gasteiger partial charge in [-0.3, -0.25) is 9.48 Å². The molecular weight excluding hydrogens is 311 g/mol. The molecule has 0 saturated heterocycles. The summed E-state index contributed by atoms with van der Waals surface area (Å²) in [5.74, 6) is -1.43. The van der Waals surface area contributed by atoms with Crippen molar-refractivity contribution in [2.24, 2.45) is 5.14 Å². The van der Waals surface area contributed by atoms with Crippen molar-refractivity contribution in [1.82, 2.24) is 14.7 Å². The number of sulfonamides is 1. The van der Waals surface area contributed by atoms with Crippen LogP contribution in [0.15, 0.2) is 41.6 Å². The molecule has 118 valence electrons. The molecule has 1 aromatic carbocycles. The molecule has 0 atom stereocenters. The molecule has 22 heavy (non-hydrogen) atoms. The third kappa shape index (κ3) is 3.68. The maximum atomic E-state index is 13.8. The number of likely N-dealkylation sites (N-methyl/N-ethyl adjacent to an activating group) is 1. The minimum atomic E-state index is -4.00. The second-order valence-electron chi connectivity index (χ2n) is 4.68. The van der Waals surface area contributed by atoms with Crippen molar-refractivity contribution in [3.05, 3.63) is 48.0 Å². The van der Waals surface area contributed by atoms with E-state index in [1.165, 1.54) is 11.9 Å². The second-order valence-corrected chi connectivity index (χ2v) is 6.24. The van der Waals surface area contributed by atoms with Crippen LogP contribution in [0.3, 0.4) is 0 Å². The Morgan fingerprint density at radius 2 is 2.18 bits per heavy atom. The summed E-state index contributed by atoms with van der Waals surface area (Å²) in [5.41, 5.74) is -0.338. The minimum absolute atomic E-state index is 0.291. The average molecular weight is 326 g/mol. The third-order valence-corrected chi connectivity index (χ3v) is 3.98. The van der Waals surface area contributed by atoms with Crippen LogP contribution in [-0.2, 0) is 16.6 Å². The SMILES string of the molecule is CN(CCn1cccn1)C(=O)c1cc(S(N)(=O)=O)ccc1F. The summed E-state index contributed by atoms with van der Waals surface area (Å²) < 4.78 is 38.0. The Balaban J connectivity index is 2.17. The van der Waals surface area contributed by atoms with E-state index in [2.05, 4.69) is 5.10 Å². The van der Waals surface area contributed by atoms with Crippen LogP contribution in [0, 0.1) is 5.82 Å². The number of hydrogen-bond acceptors (Lipinski definition) is 4. The van der Waals surface area contributed by atoms with E-state index < -0.39 is 21.7 Å². The number of benzene rings is 1. The Morgan fingerprint density at radius 3 is 2.77 bits per heavy atom. The predicted octanol–water partition coefficient (Wildman–Crippen LogP) is 0.442. The Hall–Kier alpha value is -2.26. The first-order valence-corrected chi connectivity index (χ1v) is 7.89. The predicted molar refractivity (Wildman–Crippen MR) is 77.0 cm³/mol. The lowest BCUT2D eigenvalue weighted by Gasteiger charge is -2.18. The fourth-order valence-corrected chi connectivity index (χ4v) is 2.38. The van der Waals surface area contributed by atoms with Crippen LogP contribution in [0.25, 0.3) is 0 Å². The molecule has 0 aliphatic heterocycles. The van der Waals surface area contributed by atoms with E-state index >= 15 is 0 Å². The molecule has 2 N–H and O–H groups in total. The van der Waals surface area contributed by atoms with Gasteiger partial charge >= 0.3 is 0 Å². The summed E-state index contributed by atoms with van der Waals surface area (Å²) in [7, 11) is -2.51. The van der Waals surface area contributed by atoms with Gasteiger partial charge in [-0.2, -0.15) is 5.10 Å². The summed E-state index contributed by atoms with van der Waals surface area (Å²) >= 11 is 0. The number of hydrogen-bond donors (Lipinski definition) is 1. The lowest BCUT2D eigenvalue weighted by atomic mass is 10.2. The van der Waals surface area contributed by atoms with Crippen LogP contribution in [0.5, 0.6) is 0 Å². The molecule has 2 aromatic rings. The molecule has 0 aliphatic rings. The summed E-state index contributed by atoms with van der Waals surface area (Å²) in [6.45, 7) is 0.727. The molecule has 0 aliphatic carbocycles.